The van der Waals surface area contributed by atoms with Gasteiger partial charge in [0.1, 0.15) is 18.5 Å². The first-order valence-corrected chi connectivity index (χ1v) is 8.62. The van der Waals surface area contributed by atoms with Crippen molar-refractivity contribution in [3.63, 3.8) is 0 Å². The van der Waals surface area contributed by atoms with Crippen LogP contribution in [0.25, 0.3) is 0 Å². The summed E-state index contributed by atoms with van der Waals surface area (Å²) in [5.74, 6) is 0.703. The maximum Gasteiger partial charge on any atom is 0.255 e. The van der Waals surface area contributed by atoms with Crippen LogP contribution in [-0.4, -0.2) is 13.0 Å². The van der Waals surface area contributed by atoms with Gasteiger partial charge in [0.15, 0.2) is 0 Å². The molecule has 1 heterocycles. The van der Waals surface area contributed by atoms with E-state index < -0.39 is 0 Å². The van der Waals surface area contributed by atoms with E-state index in [0.717, 1.165) is 22.6 Å². The Kier molecular flexibility index (Phi) is 4.32. The van der Waals surface area contributed by atoms with Gasteiger partial charge in [0.25, 0.3) is 5.91 Å². The molecule has 0 spiro atoms. The molecule has 0 saturated carbocycles. The number of para-hydroxylation sites is 2. The molecule has 0 aliphatic carbocycles. The molecule has 4 nitrogen and oxygen atoms in total. The zero-order valence-corrected chi connectivity index (χ0v) is 14.6. The third kappa shape index (κ3) is 3.02. The summed E-state index contributed by atoms with van der Waals surface area (Å²) in [6, 6.07) is 25.5. The molecule has 0 radical (unpaired) electrons. The number of ether oxygens (including phenoxy) is 1. The summed E-state index contributed by atoms with van der Waals surface area (Å²) in [4.78, 5) is 14.6. The summed E-state index contributed by atoms with van der Waals surface area (Å²) < 4.78 is 6.07. The minimum Gasteiger partial charge on any atom is -0.488 e. The molecule has 0 saturated heterocycles. The highest BCUT2D eigenvalue weighted by molar-refractivity contribution is 6.02. The molecule has 0 aromatic heterocycles. The van der Waals surface area contributed by atoms with Crippen LogP contribution in [0.3, 0.4) is 0 Å². The predicted molar refractivity (Wildman–Crippen MR) is 102 cm³/mol. The van der Waals surface area contributed by atoms with Crippen molar-refractivity contribution < 1.29 is 9.53 Å². The lowest BCUT2D eigenvalue weighted by atomic mass is 10.0. The van der Waals surface area contributed by atoms with Crippen molar-refractivity contribution in [1.82, 2.24) is 5.32 Å². The van der Waals surface area contributed by atoms with Crippen molar-refractivity contribution >= 4 is 11.6 Å². The molecule has 3 aromatic rings. The maximum atomic E-state index is 12.5. The summed E-state index contributed by atoms with van der Waals surface area (Å²) in [7, 11) is 1.98. The second-order valence-electron chi connectivity index (χ2n) is 6.32. The third-order valence-electron chi connectivity index (χ3n) is 4.63. The van der Waals surface area contributed by atoms with Crippen molar-refractivity contribution in [2.75, 3.05) is 11.9 Å². The Labute approximate surface area is 153 Å². The van der Waals surface area contributed by atoms with Crippen LogP contribution < -0.4 is 15.0 Å². The Morgan fingerprint density at radius 2 is 1.62 bits per heavy atom. The highest BCUT2D eigenvalue weighted by atomic mass is 16.5. The number of fused-ring (bicyclic) bond motifs is 1. The van der Waals surface area contributed by atoms with Crippen molar-refractivity contribution in [2.24, 2.45) is 0 Å². The average molecular weight is 344 g/mol. The summed E-state index contributed by atoms with van der Waals surface area (Å²) in [6.45, 7) is 0.485. The van der Waals surface area contributed by atoms with Gasteiger partial charge in [0, 0.05) is 12.6 Å². The van der Waals surface area contributed by atoms with E-state index in [-0.39, 0.29) is 12.1 Å². The Morgan fingerprint density at radius 3 is 2.46 bits per heavy atom. The number of amides is 1. The SMILES string of the molecule is CN1c2ccccc2C(=O)NC1c1ccccc1OCc1ccccc1. The van der Waals surface area contributed by atoms with Crippen LogP contribution in [0, 0.1) is 0 Å². The van der Waals surface area contributed by atoms with Gasteiger partial charge in [0.05, 0.1) is 11.3 Å². The Bertz CT molecular complexity index is 924. The first kappa shape index (κ1) is 16.2. The number of benzene rings is 3. The number of hydrogen-bond donors (Lipinski definition) is 1. The standard InChI is InChI=1S/C22H20N2O2/c1-24-19-13-7-5-11-17(19)22(25)23-21(24)18-12-6-8-14-20(18)26-15-16-9-3-2-4-10-16/h2-14,21H,15H2,1H3,(H,23,25). The van der Waals surface area contributed by atoms with Crippen molar-refractivity contribution in [3.8, 4) is 5.75 Å². The highest BCUT2D eigenvalue weighted by Gasteiger charge is 2.30. The highest BCUT2D eigenvalue weighted by Crippen LogP contribution is 2.35. The molecule has 4 rings (SSSR count). The summed E-state index contributed by atoms with van der Waals surface area (Å²) in [5.41, 5.74) is 3.65. The molecule has 3 aromatic carbocycles. The molecule has 1 atom stereocenters. The number of anilines is 1. The fourth-order valence-corrected chi connectivity index (χ4v) is 3.27. The van der Waals surface area contributed by atoms with E-state index in [1.165, 1.54) is 0 Å². The molecule has 0 fully saturated rings. The molecule has 4 heteroatoms. The summed E-state index contributed by atoms with van der Waals surface area (Å²) in [6.07, 6.45) is -0.274. The van der Waals surface area contributed by atoms with Crippen LogP contribution in [-0.2, 0) is 6.61 Å². The van der Waals surface area contributed by atoms with E-state index in [4.69, 9.17) is 4.74 Å². The van der Waals surface area contributed by atoms with E-state index in [2.05, 4.69) is 10.2 Å². The monoisotopic (exact) mass is 344 g/mol. The lowest BCUT2D eigenvalue weighted by Gasteiger charge is -2.37. The lowest BCUT2D eigenvalue weighted by Crippen LogP contribution is -2.44. The molecular formula is C22H20N2O2. The first-order chi connectivity index (χ1) is 12.7. The van der Waals surface area contributed by atoms with Crippen molar-refractivity contribution in [2.45, 2.75) is 12.8 Å². The maximum absolute atomic E-state index is 12.5. The van der Waals surface area contributed by atoms with Gasteiger partial charge in [-0.15, -0.1) is 0 Å². The second-order valence-corrected chi connectivity index (χ2v) is 6.32. The molecular weight excluding hydrogens is 324 g/mol. The van der Waals surface area contributed by atoms with Crippen LogP contribution in [0.5, 0.6) is 5.75 Å². The van der Waals surface area contributed by atoms with Gasteiger partial charge in [-0.2, -0.15) is 0 Å². The van der Waals surface area contributed by atoms with Crippen LogP contribution in [0.4, 0.5) is 5.69 Å². The van der Waals surface area contributed by atoms with Gasteiger partial charge in [0.2, 0.25) is 0 Å². The Balaban J connectivity index is 1.63. The van der Waals surface area contributed by atoms with E-state index in [1.54, 1.807) is 0 Å². The molecule has 1 N–H and O–H groups in total. The zero-order chi connectivity index (χ0) is 17.9. The first-order valence-electron chi connectivity index (χ1n) is 8.62. The topological polar surface area (TPSA) is 41.6 Å². The molecule has 130 valence electrons. The number of carbonyl (C=O) groups excluding carboxylic acids is 1. The number of nitrogens with one attached hydrogen (secondary N) is 1. The van der Waals surface area contributed by atoms with Crippen LogP contribution >= 0.6 is 0 Å². The number of rotatable bonds is 4. The fraction of sp³-hybridized carbons (Fsp3) is 0.136. The predicted octanol–water partition coefficient (Wildman–Crippen LogP) is 4.14. The molecule has 0 bridgehead atoms. The number of carbonyl (C=O) groups is 1. The normalized spacial score (nSPS) is 16.0. The molecule has 26 heavy (non-hydrogen) atoms. The second kappa shape index (κ2) is 6.92. The van der Waals surface area contributed by atoms with E-state index in [9.17, 15) is 4.79 Å². The van der Waals surface area contributed by atoms with Gasteiger partial charge in [-0.1, -0.05) is 60.7 Å². The number of hydrogen-bond acceptors (Lipinski definition) is 3. The van der Waals surface area contributed by atoms with E-state index >= 15 is 0 Å². The van der Waals surface area contributed by atoms with Gasteiger partial charge < -0.3 is 15.0 Å². The van der Waals surface area contributed by atoms with Crippen LogP contribution in [0.2, 0.25) is 0 Å². The van der Waals surface area contributed by atoms with Gasteiger partial charge in [-0.3, -0.25) is 4.79 Å². The minimum absolute atomic E-state index is 0.0680. The van der Waals surface area contributed by atoms with Gasteiger partial charge >= 0.3 is 0 Å². The summed E-state index contributed by atoms with van der Waals surface area (Å²) >= 11 is 0. The average Bonchev–Trinajstić information content (AvgIpc) is 2.70. The molecule has 1 aliphatic rings. The quantitative estimate of drug-likeness (QED) is 0.773. The van der Waals surface area contributed by atoms with Crippen LogP contribution in [0.1, 0.15) is 27.7 Å². The minimum atomic E-state index is -0.274. The third-order valence-corrected chi connectivity index (χ3v) is 4.63. The van der Waals surface area contributed by atoms with Gasteiger partial charge in [-0.25, -0.2) is 0 Å². The van der Waals surface area contributed by atoms with Crippen LogP contribution in [0.15, 0.2) is 78.9 Å². The lowest BCUT2D eigenvalue weighted by molar-refractivity contribution is 0.0927. The summed E-state index contributed by atoms with van der Waals surface area (Å²) in [5, 5.41) is 3.08. The Hall–Kier alpha value is -3.27. The fourth-order valence-electron chi connectivity index (χ4n) is 3.27. The van der Waals surface area contributed by atoms with E-state index in [0.29, 0.717) is 12.2 Å². The molecule has 1 amide bonds. The smallest absolute Gasteiger partial charge is 0.255 e. The van der Waals surface area contributed by atoms with Crippen molar-refractivity contribution in [1.29, 1.82) is 0 Å². The van der Waals surface area contributed by atoms with Gasteiger partial charge in [-0.05, 0) is 23.8 Å². The number of nitrogens with zero attached hydrogens (tertiary/aromatic N) is 1. The Morgan fingerprint density at radius 1 is 0.923 bits per heavy atom. The molecule has 1 unspecified atom stereocenters. The molecule has 1 aliphatic heterocycles. The van der Waals surface area contributed by atoms with E-state index in [1.807, 2.05) is 85.9 Å². The van der Waals surface area contributed by atoms with Crippen molar-refractivity contribution in [3.05, 3.63) is 95.6 Å². The zero-order valence-electron chi connectivity index (χ0n) is 14.6. The largest absolute Gasteiger partial charge is 0.488 e.